The Hall–Kier alpha value is -2.84. The smallest absolute Gasteiger partial charge is 0.282 e. The van der Waals surface area contributed by atoms with Gasteiger partial charge in [0.1, 0.15) is 11.3 Å². The second kappa shape index (κ2) is 8.50. The summed E-state index contributed by atoms with van der Waals surface area (Å²) in [4.78, 5) is 34.3. The zero-order valence-electron chi connectivity index (χ0n) is 13.4. The lowest BCUT2D eigenvalue weighted by molar-refractivity contribution is -0.385. The number of rotatable bonds is 5. The van der Waals surface area contributed by atoms with E-state index < -0.39 is 22.8 Å². The number of amides is 2. The van der Waals surface area contributed by atoms with Crippen LogP contribution in [0.5, 0.6) is 5.75 Å². The van der Waals surface area contributed by atoms with Crippen LogP contribution in [0.1, 0.15) is 17.3 Å². The van der Waals surface area contributed by atoms with Crippen molar-refractivity contribution >= 4 is 40.7 Å². The number of hydrazine groups is 1. The summed E-state index contributed by atoms with van der Waals surface area (Å²) >= 11 is 11.7. The first-order chi connectivity index (χ1) is 12.3. The zero-order chi connectivity index (χ0) is 19.3. The first kappa shape index (κ1) is 19.5. The van der Waals surface area contributed by atoms with Gasteiger partial charge in [-0.25, -0.2) is 0 Å². The van der Waals surface area contributed by atoms with Crippen LogP contribution >= 0.6 is 23.2 Å². The van der Waals surface area contributed by atoms with Crippen molar-refractivity contribution in [1.29, 1.82) is 0 Å². The van der Waals surface area contributed by atoms with E-state index in [0.29, 0.717) is 5.02 Å². The van der Waals surface area contributed by atoms with Crippen LogP contribution < -0.4 is 15.6 Å². The molecule has 136 valence electrons. The van der Waals surface area contributed by atoms with Crippen LogP contribution in [0.4, 0.5) is 5.69 Å². The van der Waals surface area contributed by atoms with Crippen LogP contribution in [0.3, 0.4) is 0 Å². The molecule has 0 saturated carbocycles. The number of nitro benzene ring substituents is 1. The Morgan fingerprint density at radius 3 is 2.50 bits per heavy atom. The second-order valence-corrected chi connectivity index (χ2v) is 5.90. The van der Waals surface area contributed by atoms with Crippen molar-refractivity contribution in [3.63, 3.8) is 0 Å². The zero-order valence-corrected chi connectivity index (χ0v) is 14.9. The van der Waals surface area contributed by atoms with Gasteiger partial charge in [0.05, 0.1) is 9.95 Å². The van der Waals surface area contributed by atoms with Crippen molar-refractivity contribution in [2.45, 2.75) is 13.0 Å². The van der Waals surface area contributed by atoms with Gasteiger partial charge in [-0.15, -0.1) is 0 Å². The average molecular weight is 398 g/mol. The molecule has 2 amide bonds. The number of hydrogen-bond acceptors (Lipinski definition) is 5. The molecular weight excluding hydrogens is 385 g/mol. The summed E-state index contributed by atoms with van der Waals surface area (Å²) in [5, 5.41) is 11.6. The second-order valence-electron chi connectivity index (χ2n) is 5.05. The third kappa shape index (κ3) is 4.84. The summed E-state index contributed by atoms with van der Waals surface area (Å²) in [6, 6.07) is 9.86. The van der Waals surface area contributed by atoms with Crippen molar-refractivity contribution in [2.75, 3.05) is 0 Å². The maximum Gasteiger partial charge on any atom is 0.282 e. The van der Waals surface area contributed by atoms with Gasteiger partial charge in [0.15, 0.2) is 6.10 Å². The van der Waals surface area contributed by atoms with Gasteiger partial charge in [-0.2, -0.15) is 0 Å². The van der Waals surface area contributed by atoms with Crippen LogP contribution in [0.25, 0.3) is 0 Å². The number of para-hydroxylation sites is 1. The molecule has 0 aliphatic carbocycles. The molecule has 10 heteroatoms. The van der Waals surface area contributed by atoms with E-state index in [0.717, 1.165) is 0 Å². The fourth-order valence-corrected chi connectivity index (χ4v) is 2.38. The topological polar surface area (TPSA) is 111 Å². The Balaban J connectivity index is 1.97. The van der Waals surface area contributed by atoms with E-state index in [2.05, 4.69) is 10.9 Å². The third-order valence-electron chi connectivity index (χ3n) is 3.21. The minimum Gasteiger partial charge on any atom is -0.479 e. The Kier molecular flexibility index (Phi) is 6.37. The van der Waals surface area contributed by atoms with Gasteiger partial charge in [-0.3, -0.25) is 30.6 Å². The molecule has 0 aliphatic heterocycles. The molecule has 2 aromatic rings. The van der Waals surface area contributed by atoms with Gasteiger partial charge in [-0.1, -0.05) is 35.3 Å². The van der Waals surface area contributed by atoms with E-state index in [1.807, 2.05) is 0 Å². The van der Waals surface area contributed by atoms with E-state index in [1.165, 1.54) is 43.3 Å². The first-order valence-corrected chi connectivity index (χ1v) is 8.00. The quantitative estimate of drug-likeness (QED) is 0.594. The van der Waals surface area contributed by atoms with E-state index in [4.69, 9.17) is 27.9 Å². The van der Waals surface area contributed by atoms with Gasteiger partial charge < -0.3 is 4.74 Å². The largest absolute Gasteiger partial charge is 0.479 e. The summed E-state index contributed by atoms with van der Waals surface area (Å²) in [5.74, 6) is -1.27. The summed E-state index contributed by atoms with van der Waals surface area (Å²) in [6.07, 6.45) is -1.00. The van der Waals surface area contributed by atoms with Gasteiger partial charge in [-0.05, 0) is 31.2 Å². The predicted molar refractivity (Wildman–Crippen MR) is 95.3 cm³/mol. The summed E-state index contributed by atoms with van der Waals surface area (Å²) in [5.41, 5.74) is 3.68. The highest BCUT2D eigenvalue weighted by molar-refractivity contribution is 6.35. The number of carbonyl (C=O) groups excluding carboxylic acids is 2. The fourth-order valence-electron chi connectivity index (χ4n) is 1.93. The maximum atomic E-state index is 12.0. The highest BCUT2D eigenvalue weighted by atomic mass is 35.5. The van der Waals surface area contributed by atoms with Crippen LogP contribution in [0, 0.1) is 10.1 Å². The molecule has 0 spiro atoms. The molecule has 26 heavy (non-hydrogen) atoms. The van der Waals surface area contributed by atoms with Crippen LogP contribution in [0.2, 0.25) is 10.0 Å². The molecule has 0 radical (unpaired) electrons. The molecule has 8 nitrogen and oxygen atoms in total. The SMILES string of the molecule is C[C@@H](Oc1ccc(Cl)cc1Cl)C(=O)NNC(=O)c1ccccc1[N+](=O)[O-]. The minimum atomic E-state index is -1.00. The highest BCUT2D eigenvalue weighted by Gasteiger charge is 2.21. The Morgan fingerprint density at radius 1 is 1.15 bits per heavy atom. The van der Waals surface area contributed by atoms with Crippen molar-refractivity contribution in [3.05, 3.63) is 68.2 Å². The van der Waals surface area contributed by atoms with E-state index in [1.54, 1.807) is 6.07 Å². The van der Waals surface area contributed by atoms with Gasteiger partial charge in [0.25, 0.3) is 17.5 Å². The van der Waals surface area contributed by atoms with Crippen molar-refractivity contribution in [3.8, 4) is 5.75 Å². The van der Waals surface area contributed by atoms with E-state index in [9.17, 15) is 19.7 Å². The van der Waals surface area contributed by atoms with E-state index >= 15 is 0 Å². The molecule has 0 fully saturated rings. The maximum absolute atomic E-state index is 12.0. The molecule has 2 N–H and O–H groups in total. The highest BCUT2D eigenvalue weighted by Crippen LogP contribution is 2.28. The Bertz CT molecular complexity index is 860. The molecule has 0 aliphatic rings. The molecular formula is C16H13Cl2N3O5. The lowest BCUT2D eigenvalue weighted by Gasteiger charge is -2.16. The lowest BCUT2D eigenvalue weighted by atomic mass is 10.2. The molecule has 0 unspecified atom stereocenters. The number of nitrogens with zero attached hydrogens (tertiary/aromatic N) is 1. The molecule has 2 aromatic carbocycles. The molecule has 0 bridgehead atoms. The summed E-state index contributed by atoms with van der Waals surface area (Å²) in [7, 11) is 0. The number of hydrogen-bond donors (Lipinski definition) is 2. The van der Waals surface area contributed by atoms with Crippen molar-refractivity contribution < 1.29 is 19.2 Å². The normalized spacial score (nSPS) is 11.3. The number of ether oxygens (including phenoxy) is 1. The van der Waals surface area contributed by atoms with Crippen molar-refractivity contribution in [2.24, 2.45) is 0 Å². The molecule has 2 rings (SSSR count). The first-order valence-electron chi connectivity index (χ1n) is 7.25. The molecule has 0 saturated heterocycles. The van der Waals surface area contributed by atoms with E-state index in [-0.39, 0.29) is 22.0 Å². The van der Waals surface area contributed by atoms with Gasteiger partial charge in [0, 0.05) is 11.1 Å². The lowest BCUT2D eigenvalue weighted by Crippen LogP contribution is -2.47. The average Bonchev–Trinajstić information content (AvgIpc) is 2.61. The molecule has 1 atom stereocenters. The number of nitrogens with one attached hydrogen (secondary N) is 2. The minimum absolute atomic E-state index is 0.188. The fraction of sp³-hybridized carbons (Fsp3) is 0.125. The van der Waals surface area contributed by atoms with Crippen LogP contribution in [-0.2, 0) is 4.79 Å². The third-order valence-corrected chi connectivity index (χ3v) is 3.74. The van der Waals surface area contributed by atoms with Crippen molar-refractivity contribution in [1.82, 2.24) is 10.9 Å². The standard InChI is InChI=1S/C16H13Cl2N3O5/c1-9(26-14-7-6-10(17)8-12(14)18)15(22)19-20-16(23)11-4-2-3-5-13(11)21(24)25/h2-9H,1H3,(H,19,22)(H,20,23)/t9-/m1/s1. The number of carbonyl (C=O) groups is 2. The summed E-state index contributed by atoms with van der Waals surface area (Å²) < 4.78 is 5.40. The summed E-state index contributed by atoms with van der Waals surface area (Å²) in [6.45, 7) is 1.44. The number of halogens is 2. The van der Waals surface area contributed by atoms with Gasteiger partial charge >= 0.3 is 0 Å². The van der Waals surface area contributed by atoms with Crippen LogP contribution in [0.15, 0.2) is 42.5 Å². The van der Waals surface area contributed by atoms with Gasteiger partial charge in [0.2, 0.25) is 0 Å². The Labute approximate surface area is 158 Å². The molecule has 0 heterocycles. The predicted octanol–water partition coefficient (Wildman–Crippen LogP) is 3.13. The van der Waals surface area contributed by atoms with Crippen LogP contribution in [-0.4, -0.2) is 22.8 Å². The monoisotopic (exact) mass is 397 g/mol. The molecule has 0 aromatic heterocycles. The Morgan fingerprint density at radius 2 is 1.85 bits per heavy atom. The number of benzene rings is 2. The number of nitro groups is 1.